The molecule has 0 saturated carbocycles. The van der Waals surface area contributed by atoms with Gasteiger partial charge in [0.15, 0.2) is 6.61 Å². The van der Waals surface area contributed by atoms with Gasteiger partial charge in [0, 0.05) is 12.0 Å². The molecule has 0 aromatic heterocycles. The standard InChI is InChI=1S/C24H28N2O5/c1-16(2)23(26-21(27)14-17-8-4-3-5-9-17)24(29)31-15-22(28)25-19-12-13-30-20-11-7-6-10-18(19)20/h3-11,16,19,23H,12-15H2,1-2H3,(H,25,28)(H,26,27)/t19?,23-/m0/s1. The van der Waals surface area contributed by atoms with Crippen molar-refractivity contribution in [1.29, 1.82) is 0 Å². The summed E-state index contributed by atoms with van der Waals surface area (Å²) in [7, 11) is 0. The van der Waals surface area contributed by atoms with E-state index in [4.69, 9.17) is 9.47 Å². The monoisotopic (exact) mass is 424 g/mol. The number of esters is 1. The van der Waals surface area contributed by atoms with Crippen molar-refractivity contribution in [2.75, 3.05) is 13.2 Å². The minimum absolute atomic E-state index is 0.168. The van der Waals surface area contributed by atoms with Crippen LogP contribution < -0.4 is 15.4 Å². The average Bonchev–Trinajstić information content (AvgIpc) is 2.76. The summed E-state index contributed by atoms with van der Waals surface area (Å²) in [6.45, 7) is 3.72. The van der Waals surface area contributed by atoms with Gasteiger partial charge < -0.3 is 20.1 Å². The third kappa shape index (κ3) is 6.31. The molecule has 2 amide bonds. The Kier molecular flexibility index (Phi) is 7.65. The first-order valence-corrected chi connectivity index (χ1v) is 10.4. The fourth-order valence-corrected chi connectivity index (χ4v) is 3.46. The summed E-state index contributed by atoms with van der Waals surface area (Å²) in [5.41, 5.74) is 1.76. The Bertz CT molecular complexity index is 913. The van der Waals surface area contributed by atoms with Gasteiger partial charge in [-0.05, 0) is 17.5 Å². The summed E-state index contributed by atoms with van der Waals surface area (Å²) >= 11 is 0. The third-order valence-electron chi connectivity index (χ3n) is 5.08. The largest absolute Gasteiger partial charge is 0.493 e. The van der Waals surface area contributed by atoms with E-state index in [9.17, 15) is 14.4 Å². The maximum atomic E-state index is 12.5. The number of fused-ring (bicyclic) bond motifs is 1. The minimum Gasteiger partial charge on any atom is -0.493 e. The molecule has 0 bridgehead atoms. The quantitative estimate of drug-likeness (QED) is 0.636. The van der Waals surface area contributed by atoms with Crippen molar-refractivity contribution >= 4 is 17.8 Å². The van der Waals surface area contributed by atoms with Gasteiger partial charge in [0.1, 0.15) is 11.8 Å². The molecule has 0 spiro atoms. The summed E-state index contributed by atoms with van der Waals surface area (Å²) in [4.78, 5) is 37.2. The van der Waals surface area contributed by atoms with Crippen LogP contribution in [0.15, 0.2) is 54.6 Å². The number of nitrogens with one attached hydrogen (secondary N) is 2. The van der Waals surface area contributed by atoms with Crippen LogP contribution in [0.1, 0.15) is 37.4 Å². The maximum Gasteiger partial charge on any atom is 0.329 e. The molecule has 1 aliphatic heterocycles. The fourth-order valence-electron chi connectivity index (χ4n) is 3.46. The molecule has 3 rings (SSSR count). The van der Waals surface area contributed by atoms with Crippen LogP contribution in [0.4, 0.5) is 0 Å². The molecule has 2 aromatic rings. The number of rotatable bonds is 8. The number of carbonyl (C=O) groups excluding carboxylic acids is 3. The Labute approximate surface area is 182 Å². The molecule has 164 valence electrons. The molecule has 0 radical (unpaired) electrons. The van der Waals surface area contributed by atoms with Crippen molar-refractivity contribution in [1.82, 2.24) is 10.6 Å². The molecule has 2 aromatic carbocycles. The van der Waals surface area contributed by atoms with E-state index in [0.29, 0.717) is 13.0 Å². The third-order valence-corrected chi connectivity index (χ3v) is 5.08. The van der Waals surface area contributed by atoms with E-state index in [0.717, 1.165) is 16.9 Å². The molecule has 1 aliphatic rings. The first-order valence-electron chi connectivity index (χ1n) is 10.4. The molecule has 0 aliphatic carbocycles. The van der Waals surface area contributed by atoms with Gasteiger partial charge in [-0.1, -0.05) is 62.4 Å². The van der Waals surface area contributed by atoms with E-state index in [1.807, 2.05) is 68.4 Å². The number of hydrogen-bond donors (Lipinski definition) is 2. The summed E-state index contributed by atoms with van der Waals surface area (Å²) in [5.74, 6) is -0.730. The predicted molar refractivity (Wildman–Crippen MR) is 115 cm³/mol. The molecule has 1 heterocycles. The lowest BCUT2D eigenvalue weighted by Crippen LogP contribution is -2.46. The van der Waals surface area contributed by atoms with Crippen LogP contribution in [-0.4, -0.2) is 37.0 Å². The second kappa shape index (κ2) is 10.6. The zero-order valence-corrected chi connectivity index (χ0v) is 17.8. The molecule has 2 N–H and O–H groups in total. The fraction of sp³-hybridized carbons (Fsp3) is 0.375. The number of amides is 2. The highest BCUT2D eigenvalue weighted by molar-refractivity contribution is 5.87. The van der Waals surface area contributed by atoms with Crippen LogP contribution in [0.2, 0.25) is 0 Å². The zero-order valence-electron chi connectivity index (χ0n) is 17.8. The topological polar surface area (TPSA) is 93.7 Å². The van der Waals surface area contributed by atoms with Gasteiger partial charge in [0.05, 0.1) is 19.1 Å². The number of ether oxygens (including phenoxy) is 2. The highest BCUT2D eigenvalue weighted by Gasteiger charge is 2.27. The van der Waals surface area contributed by atoms with E-state index >= 15 is 0 Å². The van der Waals surface area contributed by atoms with Crippen LogP contribution in [0.25, 0.3) is 0 Å². The first kappa shape index (κ1) is 22.3. The Morgan fingerprint density at radius 3 is 2.48 bits per heavy atom. The molecule has 31 heavy (non-hydrogen) atoms. The maximum absolute atomic E-state index is 12.5. The Morgan fingerprint density at radius 2 is 1.74 bits per heavy atom. The van der Waals surface area contributed by atoms with Gasteiger partial charge in [-0.2, -0.15) is 0 Å². The number of hydrogen-bond acceptors (Lipinski definition) is 5. The van der Waals surface area contributed by atoms with Crippen molar-refractivity contribution < 1.29 is 23.9 Å². The van der Waals surface area contributed by atoms with Crippen molar-refractivity contribution in [3.8, 4) is 5.75 Å². The van der Waals surface area contributed by atoms with Crippen LogP contribution in [-0.2, 0) is 25.5 Å². The molecule has 7 heteroatoms. The van der Waals surface area contributed by atoms with Gasteiger partial charge in [-0.3, -0.25) is 9.59 Å². The number of carbonyl (C=O) groups is 3. The van der Waals surface area contributed by atoms with Crippen LogP contribution in [0.3, 0.4) is 0 Å². The van der Waals surface area contributed by atoms with Gasteiger partial charge in [0.2, 0.25) is 5.91 Å². The van der Waals surface area contributed by atoms with Gasteiger partial charge in [-0.15, -0.1) is 0 Å². The van der Waals surface area contributed by atoms with E-state index in [1.165, 1.54) is 0 Å². The molecule has 0 saturated heterocycles. The lowest BCUT2D eigenvalue weighted by atomic mass is 10.0. The summed E-state index contributed by atoms with van der Waals surface area (Å²) in [5, 5.41) is 5.61. The molecular formula is C24H28N2O5. The lowest BCUT2D eigenvalue weighted by molar-refractivity contribution is -0.153. The highest BCUT2D eigenvalue weighted by Crippen LogP contribution is 2.31. The van der Waals surface area contributed by atoms with Crippen molar-refractivity contribution in [2.24, 2.45) is 5.92 Å². The predicted octanol–water partition coefficient (Wildman–Crippen LogP) is 2.55. The van der Waals surface area contributed by atoms with Crippen LogP contribution in [0, 0.1) is 5.92 Å². The Balaban J connectivity index is 1.50. The van der Waals surface area contributed by atoms with Gasteiger partial charge in [-0.25, -0.2) is 4.79 Å². The smallest absolute Gasteiger partial charge is 0.329 e. The molecule has 0 fully saturated rings. The molecular weight excluding hydrogens is 396 g/mol. The normalized spacial score (nSPS) is 15.9. The minimum atomic E-state index is -0.826. The van der Waals surface area contributed by atoms with E-state index in [1.54, 1.807) is 0 Å². The second-order valence-corrected chi connectivity index (χ2v) is 7.85. The van der Waals surface area contributed by atoms with Crippen molar-refractivity contribution in [3.05, 3.63) is 65.7 Å². The van der Waals surface area contributed by atoms with E-state index in [2.05, 4.69) is 10.6 Å². The van der Waals surface area contributed by atoms with Crippen LogP contribution in [0.5, 0.6) is 5.75 Å². The van der Waals surface area contributed by atoms with E-state index < -0.39 is 24.5 Å². The number of benzene rings is 2. The molecule has 2 atom stereocenters. The van der Waals surface area contributed by atoms with Gasteiger partial charge >= 0.3 is 5.97 Å². The van der Waals surface area contributed by atoms with Crippen LogP contribution >= 0.6 is 0 Å². The Hall–Kier alpha value is -3.35. The van der Waals surface area contributed by atoms with Crippen molar-refractivity contribution in [2.45, 2.75) is 38.8 Å². The summed E-state index contributed by atoms with van der Waals surface area (Å²) < 4.78 is 10.8. The number of para-hydroxylation sites is 1. The summed E-state index contributed by atoms with van der Waals surface area (Å²) in [6.07, 6.45) is 0.807. The first-order chi connectivity index (χ1) is 14.9. The zero-order chi connectivity index (χ0) is 22.2. The highest BCUT2D eigenvalue weighted by atomic mass is 16.5. The Morgan fingerprint density at radius 1 is 1.03 bits per heavy atom. The van der Waals surface area contributed by atoms with E-state index in [-0.39, 0.29) is 24.3 Å². The molecule has 1 unspecified atom stereocenters. The lowest BCUT2D eigenvalue weighted by Gasteiger charge is -2.26. The summed E-state index contributed by atoms with van der Waals surface area (Å²) in [6, 6.07) is 15.8. The van der Waals surface area contributed by atoms with Gasteiger partial charge in [0.25, 0.3) is 5.91 Å². The SMILES string of the molecule is CC(C)[C@H](NC(=O)Cc1ccccc1)C(=O)OCC(=O)NC1CCOc2ccccc21. The molecule has 7 nitrogen and oxygen atoms in total. The average molecular weight is 424 g/mol. The van der Waals surface area contributed by atoms with Crippen molar-refractivity contribution in [3.63, 3.8) is 0 Å². The second-order valence-electron chi connectivity index (χ2n) is 7.85.